The third-order valence-corrected chi connectivity index (χ3v) is 7.53. The first-order valence-electron chi connectivity index (χ1n) is 8.99. The highest BCUT2D eigenvalue weighted by molar-refractivity contribution is 14.1. The van der Waals surface area contributed by atoms with Crippen LogP contribution in [0.4, 0.5) is 5.13 Å². The fourth-order valence-corrected chi connectivity index (χ4v) is 5.38. The summed E-state index contributed by atoms with van der Waals surface area (Å²) >= 11 is 16.3. The Kier molecular flexibility index (Phi) is 6.44. The lowest BCUT2D eigenvalue weighted by atomic mass is 10.1. The summed E-state index contributed by atoms with van der Waals surface area (Å²) < 4.78 is 2.47. The molecule has 7 heteroatoms. The summed E-state index contributed by atoms with van der Waals surface area (Å²) in [5, 5.41) is 1.88. The first-order valence-corrected chi connectivity index (χ1v) is 11.8. The van der Waals surface area contributed by atoms with Crippen molar-refractivity contribution in [3.8, 4) is 0 Å². The Morgan fingerprint density at radius 2 is 1.96 bits per heavy atom. The van der Waals surface area contributed by atoms with Crippen molar-refractivity contribution < 1.29 is 0 Å². The minimum atomic E-state index is 0.569. The van der Waals surface area contributed by atoms with Gasteiger partial charge in [-0.05, 0) is 64.4 Å². The largest absolute Gasteiger partial charge is 0.347 e. The molecule has 1 saturated heterocycles. The zero-order valence-electron chi connectivity index (χ0n) is 14.8. The van der Waals surface area contributed by atoms with Gasteiger partial charge in [-0.25, -0.2) is 4.98 Å². The molecule has 0 spiro atoms. The SMILES string of the molecule is ClCc1ccc(I)c(CN2CCCN(c3nc4ccc(Cl)cc4s3)CC2)c1. The van der Waals surface area contributed by atoms with Gasteiger partial charge in [-0.2, -0.15) is 0 Å². The lowest BCUT2D eigenvalue weighted by Gasteiger charge is -2.22. The van der Waals surface area contributed by atoms with Crippen LogP contribution in [0.2, 0.25) is 5.02 Å². The predicted octanol–water partition coefficient (Wildman–Crippen LogP) is 6.01. The van der Waals surface area contributed by atoms with E-state index >= 15 is 0 Å². The van der Waals surface area contributed by atoms with Crippen molar-refractivity contribution in [2.45, 2.75) is 18.8 Å². The summed E-state index contributed by atoms with van der Waals surface area (Å²) in [5.41, 5.74) is 3.60. The van der Waals surface area contributed by atoms with E-state index in [2.05, 4.69) is 50.6 Å². The third-order valence-electron chi connectivity index (χ3n) is 4.86. The van der Waals surface area contributed by atoms with Crippen LogP contribution >= 0.6 is 57.1 Å². The van der Waals surface area contributed by atoms with E-state index in [-0.39, 0.29) is 0 Å². The maximum atomic E-state index is 6.12. The molecule has 1 fully saturated rings. The Hall–Kier alpha value is -0.600. The van der Waals surface area contributed by atoms with Gasteiger partial charge >= 0.3 is 0 Å². The second-order valence-corrected chi connectivity index (χ2v) is 9.66. The first kappa shape index (κ1) is 19.7. The van der Waals surface area contributed by atoms with E-state index in [1.54, 1.807) is 11.3 Å². The molecule has 0 aliphatic carbocycles. The topological polar surface area (TPSA) is 19.4 Å². The van der Waals surface area contributed by atoms with Gasteiger partial charge in [-0.15, -0.1) is 11.6 Å². The van der Waals surface area contributed by atoms with Gasteiger partial charge in [0.05, 0.1) is 10.2 Å². The van der Waals surface area contributed by atoms with Gasteiger partial charge in [0.25, 0.3) is 0 Å². The molecule has 0 bridgehead atoms. The van der Waals surface area contributed by atoms with Crippen LogP contribution in [0.3, 0.4) is 0 Å². The monoisotopic (exact) mass is 531 g/mol. The van der Waals surface area contributed by atoms with Crippen LogP contribution in [-0.4, -0.2) is 36.1 Å². The average Bonchev–Trinajstić information content (AvgIpc) is 2.94. The Morgan fingerprint density at radius 3 is 2.81 bits per heavy atom. The highest BCUT2D eigenvalue weighted by atomic mass is 127. The standard InChI is InChI=1S/C20H20Cl2IN3S/c21-12-14-2-4-17(23)15(10-14)13-25-6-1-7-26(9-8-25)20-24-18-5-3-16(22)11-19(18)27-20/h2-5,10-11H,1,6-9,12-13H2. The van der Waals surface area contributed by atoms with Gasteiger partial charge in [0.1, 0.15) is 0 Å². The van der Waals surface area contributed by atoms with Crippen molar-refractivity contribution in [3.63, 3.8) is 0 Å². The minimum Gasteiger partial charge on any atom is -0.347 e. The van der Waals surface area contributed by atoms with E-state index < -0.39 is 0 Å². The van der Waals surface area contributed by atoms with Crippen LogP contribution in [0.5, 0.6) is 0 Å². The average molecular weight is 532 g/mol. The van der Waals surface area contributed by atoms with E-state index in [0.29, 0.717) is 5.88 Å². The van der Waals surface area contributed by atoms with Crippen molar-refractivity contribution in [2.75, 3.05) is 31.1 Å². The molecule has 0 N–H and O–H groups in total. The number of hydrogen-bond acceptors (Lipinski definition) is 4. The molecule has 1 aliphatic heterocycles. The van der Waals surface area contributed by atoms with Crippen LogP contribution in [-0.2, 0) is 12.4 Å². The van der Waals surface area contributed by atoms with Crippen LogP contribution in [0.1, 0.15) is 17.5 Å². The van der Waals surface area contributed by atoms with Crippen molar-refractivity contribution in [2.24, 2.45) is 0 Å². The van der Waals surface area contributed by atoms with Gasteiger partial charge in [0.15, 0.2) is 5.13 Å². The summed E-state index contributed by atoms with van der Waals surface area (Å²) in [5.74, 6) is 0.569. The maximum Gasteiger partial charge on any atom is 0.186 e. The van der Waals surface area contributed by atoms with E-state index in [1.165, 1.54) is 14.7 Å². The number of alkyl halides is 1. The molecule has 27 heavy (non-hydrogen) atoms. The fraction of sp³-hybridized carbons (Fsp3) is 0.350. The molecular weight excluding hydrogens is 512 g/mol. The van der Waals surface area contributed by atoms with E-state index in [9.17, 15) is 0 Å². The van der Waals surface area contributed by atoms with E-state index in [4.69, 9.17) is 28.2 Å². The zero-order chi connectivity index (χ0) is 18.8. The molecule has 0 radical (unpaired) electrons. The second kappa shape index (κ2) is 8.82. The van der Waals surface area contributed by atoms with Crippen LogP contribution < -0.4 is 4.90 Å². The molecular formula is C20H20Cl2IN3S. The molecule has 0 amide bonds. The van der Waals surface area contributed by atoms with Crippen LogP contribution in [0, 0.1) is 3.57 Å². The van der Waals surface area contributed by atoms with Gasteiger partial charge < -0.3 is 4.90 Å². The Bertz CT molecular complexity index is 946. The summed E-state index contributed by atoms with van der Waals surface area (Å²) in [6.45, 7) is 5.17. The molecule has 2 aromatic carbocycles. The molecule has 142 valence electrons. The zero-order valence-corrected chi connectivity index (χ0v) is 19.3. The molecule has 0 unspecified atom stereocenters. The number of nitrogens with zero attached hydrogens (tertiary/aromatic N) is 3. The molecule has 3 aromatic rings. The fourth-order valence-electron chi connectivity index (χ4n) is 3.42. The van der Waals surface area contributed by atoms with Crippen LogP contribution in [0.15, 0.2) is 36.4 Å². The van der Waals surface area contributed by atoms with Gasteiger partial charge in [0, 0.05) is 47.2 Å². The summed E-state index contributed by atoms with van der Waals surface area (Å²) in [6, 6.07) is 12.5. The van der Waals surface area contributed by atoms with Crippen molar-refractivity contribution in [1.29, 1.82) is 0 Å². The van der Waals surface area contributed by atoms with Crippen molar-refractivity contribution >= 4 is 72.5 Å². The van der Waals surface area contributed by atoms with Crippen molar-refractivity contribution in [3.05, 3.63) is 56.1 Å². The van der Waals surface area contributed by atoms with Crippen LogP contribution in [0.25, 0.3) is 10.2 Å². The highest BCUT2D eigenvalue weighted by Gasteiger charge is 2.19. The second-order valence-electron chi connectivity index (χ2n) is 6.78. The lowest BCUT2D eigenvalue weighted by molar-refractivity contribution is 0.285. The number of fused-ring (bicyclic) bond motifs is 1. The minimum absolute atomic E-state index is 0.569. The number of aromatic nitrogens is 1. The van der Waals surface area contributed by atoms with Gasteiger partial charge in [-0.1, -0.05) is 35.1 Å². The Morgan fingerprint density at radius 1 is 1.07 bits per heavy atom. The number of benzene rings is 2. The number of anilines is 1. The summed E-state index contributed by atoms with van der Waals surface area (Å²) in [4.78, 5) is 9.77. The quantitative estimate of drug-likeness (QED) is 0.304. The molecule has 4 rings (SSSR count). The summed E-state index contributed by atoms with van der Waals surface area (Å²) in [7, 11) is 0. The molecule has 2 heterocycles. The normalized spacial score (nSPS) is 16.0. The Labute approximate surface area is 187 Å². The summed E-state index contributed by atoms with van der Waals surface area (Å²) in [6.07, 6.45) is 1.14. The molecule has 0 saturated carbocycles. The third kappa shape index (κ3) is 4.70. The smallest absolute Gasteiger partial charge is 0.186 e. The molecule has 1 aliphatic rings. The number of halogens is 3. The number of thiazole rings is 1. The predicted molar refractivity (Wildman–Crippen MR) is 125 cm³/mol. The van der Waals surface area contributed by atoms with E-state index in [0.717, 1.165) is 59.5 Å². The highest BCUT2D eigenvalue weighted by Crippen LogP contribution is 2.31. The van der Waals surface area contributed by atoms with Crippen molar-refractivity contribution in [1.82, 2.24) is 9.88 Å². The maximum absolute atomic E-state index is 6.12. The van der Waals surface area contributed by atoms with Gasteiger partial charge in [-0.3, -0.25) is 4.90 Å². The number of hydrogen-bond donors (Lipinski definition) is 0. The van der Waals surface area contributed by atoms with E-state index in [1.807, 2.05) is 18.2 Å². The Balaban J connectivity index is 1.45. The first-order chi connectivity index (χ1) is 13.1. The lowest BCUT2D eigenvalue weighted by Crippen LogP contribution is -2.30. The molecule has 1 aromatic heterocycles. The molecule has 3 nitrogen and oxygen atoms in total. The van der Waals surface area contributed by atoms with Gasteiger partial charge in [0.2, 0.25) is 0 Å². The molecule has 0 atom stereocenters. The number of rotatable bonds is 4.